The molecule has 8 heteroatoms. The molecule has 1 amide bonds. The zero-order valence-electron chi connectivity index (χ0n) is 13.7. The fourth-order valence-corrected chi connectivity index (χ4v) is 2.84. The lowest BCUT2D eigenvalue weighted by molar-refractivity contribution is -0.384. The predicted molar refractivity (Wildman–Crippen MR) is 93.3 cm³/mol. The van der Waals surface area contributed by atoms with Gasteiger partial charge in [-0.25, -0.2) is 4.39 Å². The van der Waals surface area contributed by atoms with Gasteiger partial charge in [-0.1, -0.05) is 6.07 Å². The monoisotopic (exact) mass is 364 g/mol. The summed E-state index contributed by atoms with van der Waals surface area (Å²) in [4.78, 5) is 22.9. The largest absolute Gasteiger partial charge is 0.494 e. The molecular weight excluding hydrogens is 347 g/mol. The summed E-state index contributed by atoms with van der Waals surface area (Å²) in [5.74, 6) is -0.398. The third kappa shape index (κ3) is 5.18. The minimum atomic E-state index is -0.485. The number of nitrogens with one attached hydrogen (secondary N) is 1. The van der Waals surface area contributed by atoms with E-state index in [0.717, 1.165) is 4.90 Å². The van der Waals surface area contributed by atoms with Gasteiger partial charge < -0.3 is 10.1 Å². The van der Waals surface area contributed by atoms with Crippen LogP contribution in [0, 0.1) is 15.9 Å². The van der Waals surface area contributed by atoms with Crippen LogP contribution in [0.2, 0.25) is 0 Å². The number of ether oxygens (including phenoxy) is 1. The molecule has 0 aromatic heterocycles. The molecule has 0 unspecified atom stereocenters. The van der Waals surface area contributed by atoms with Crippen LogP contribution < -0.4 is 10.1 Å². The Labute approximate surface area is 148 Å². The smallest absolute Gasteiger partial charge is 0.269 e. The average molecular weight is 364 g/mol. The highest BCUT2D eigenvalue weighted by Gasteiger charge is 2.13. The molecule has 1 N–H and O–H groups in total. The summed E-state index contributed by atoms with van der Waals surface area (Å²) in [6.45, 7) is 1.76. The molecule has 0 aliphatic rings. The molecule has 2 rings (SSSR count). The number of carbonyl (C=O) groups excluding carboxylic acids is 1. The number of halogens is 1. The van der Waals surface area contributed by atoms with Gasteiger partial charge in [0.15, 0.2) is 11.6 Å². The van der Waals surface area contributed by atoms with E-state index in [1.807, 2.05) is 0 Å². The van der Waals surface area contributed by atoms with Crippen LogP contribution >= 0.6 is 11.8 Å². The van der Waals surface area contributed by atoms with Gasteiger partial charge in [0.2, 0.25) is 5.91 Å². The normalized spacial score (nSPS) is 11.6. The lowest BCUT2D eigenvalue weighted by Gasteiger charge is -2.15. The minimum absolute atomic E-state index is 0.00366. The zero-order chi connectivity index (χ0) is 18.4. The van der Waals surface area contributed by atoms with Gasteiger partial charge in [-0.2, -0.15) is 0 Å². The Morgan fingerprint density at radius 1 is 1.32 bits per heavy atom. The Morgan fingerprint density at radius 2 is 2.00 bits per heavy atom. The van der Waals surface area contributed by atoms with Crippen LogP contribution in [0.5, 0.6) is 5.75 Å². The van der Waals surface area contributed by atoms with Gasteiger partial charge in [-0.3, -0.25) is 14.9 Å². The second-order valence-electron chi connectivity index (χ2n) is 5.22. The van der Waals surface area contributed by atoms with E-state index in [4.69, 9.17) is 4.74 Å². The topological polar surface area (TPSA) is 81.5 Å². The number of rotatable bonds is 7. The first kappa shape index (κ1) is 18.7. The number of non-ortho nitro benzene ring substituents is 1. The predicted octanol–water partition coefficient (Wildman–Crippen LogP) is 3.71. The number of methoxy groups -OCH3 is 1. The molecule has 0 spiro atoms. The van der Waals surface area contributed by atoms with Crippen LogP contribution in [-0.2, 0) is 4.79 Å². The first-order chi connectivity index (χ1) is 11.9. The molecule has 0 aliphatic carbocycles. The van der Waals surface area contributed by atoms with Gasteiger partial charge in [-0.15, -0.1) is 11.8 Å². The number of hydrogen-bond donors (Lipinski definition) is 1. The fourth-order valence-electron chi connectivity index (χ4n) is 2.13. The summed E-state index contributed by atoms with van der Waals surface area (Å²) in [5, 5.41) is 13.4. The standard InChI is InChI=1S/C17H17FN2O4S/c1-11(12-3-8-16(24-2)15(18)9-12)19-17(21)10-25-14-6-4-13(5-7-14)20(22)23/h3-9,11H,10H2,1-2H3,(H,19,21)/t11-/m1/s1. The van der Waals surface area contributed by atoms with Crippen molar-refractivity contribution in [2.24, 2.45) is 0 Å². The number of nitrogens with zero attached hydrogens (tertiary/aromatic N) is 1. The van der Waals surface area contributed by atoms with Crippen molar-refractivity contribution in [3.8, 4) is 5.75 Å². The van der Waals surface area contributed by atoms with Crippen molar-refractivity contribution in [1.82, 2.24) is 5.32 Å². The molecule has 0 radical (unpaired) electrons. The van der Waals surface area contributed by atoms with Gasteiger partial charge in [0.1, 0.15) is 0 Å². The highest BCUT2D eigenvalue weighted by Crippen LogP contribution is 2.23. The van der Waals surface area contributed by atoms with E-state index in [1.54, 1.807) is 25.1 Å². The Kier molecular flexibility index (Phi) is 6.35. The molecule has 0 saturated heterocycles. The Hall–Kier alpha value is -2.61. The first-order valence-corrected chi connectivity index (χ1v) is 8.39. The Balaban J connectivity index is 1.89. The molecule has 0 fully saturated rings. The summed E-state index contributed by atoms with van der Waals surface area (Å²) in [6.07, 6.45) is 0. The van der Waals surface area contributed by atoms with Gasteiger partial charge in [0.05, 0.1) is 23.8 Å². The van der Waals surface area contributed by atoms with Crippen molar-refractivity contribution in [2.75, 3.05) is 12.9 Å². The number of benzene rings is 2. The quantitative estimate of drug-likeness (QED) is 0.460. The summed E-state index contributed by atoms with van der Waals surface area (Å²) in [6, 6.07) is 10.1. The third-order valence-corrected chi connectivity index (χ3v) is 4.48. The number of nitro groups is 1. The summed E-state index contributed by atoms with van der Waals surface area (Å²) < 4.78 is 18.6. The molecule has 0 saturated carbocycles. The SMILES string of the molecule is COc1ccc([C@@H](C)NC(=O)CSc2ccc([N+](=O)[O-])cc2)cc1F. The summed E-state index contributed by atoms with van der Waals surface area (Å²) in [7, 11) is 1.39. The van der Waals surface area contributed by atoms with Crippen LogP contribution in [-0.4, -0.2) is 23.7 Å². The van der Waals surface area contributed by atoms with E-state index in [2.05, 4.69) is 5.32 Å². The molecule has 0 heterocycles. The number of thioether (sulfide) groups is 1. The maximum absolute atomic E-state index is 13.7. The molecule has 1 atom stereocenters. The number of hydrogen-bond acceptors (Lipinski definition) is 5. The van der Waals surface area contributed by atoms with Crippen molar-refractivity contribution in [1.29, 1.82) is 0 Å². The zero-order valence-corrected chi connectivity index (χ0v) is 14.5. The molecule has 132 valence electrons. The molecule has 0 aliphatic heterocycles. The molecular formula is C17H17FN2O4S. The molecule has 2 aromatic rings. The highest BCUT2D eigenvalue weighted by atomic mass is 32.2. The molecule has 0 bridgehead atoms. The Morgan fingerprint density at radius 3 is 2.56 bits per heavy atom. The molecule has 2 aromatic carbocycles. The van der Waals surface area contributed by atoms with Crippen LogP contribution in [0.4, 0.5) is 10.1 Å². The van der Waals surface area contributed by atoms with Crippen molar-refractivity contribution >= 4 is 23.4 Å². The average Bonchev–Trinajstić information content (AvgIpc) is 2.60. The van der Waals surface area contributed by atoms with Crippen molar-refractivity contribution in [2.45, 2.75) is 17.9 Å². The Bertz CT molecular complexity index is 768. The van der Waals surface area contributed by atoms with E-state index in [0.29, 0.717) is 5.56 Å². The van der Waals surface area contributed by atoms with Crippen LogP contribution in [0.15, 0.2) is 47.4 Å². The minimum Gasteiger partial charge on any atom is -0.494 e. The lowest BCUT2D eigenvalue weighted by Crippen LogP contribution is -2.28. The van der Waals surface area contributed by atoms with Crippen molar-refractivity contribution < 1.29 is 18.8 Å². The van der Waals surface area contributed by atoms with E-state index in [9.17, 15) is 19.3 Å². The maximum atomic E-state index is 13.7. The second kappa shape index (κ2) is 8.48. The van der Waals surface area contributed by atoms with Gasteiger partial charge in [0, 0.05) is 17.0 Å². The number of carbonyl (C=O) groups is 1. The van der Waals surface area contributed by atoms with Gasteiger partial charge in [-0.05, 0) is 36.8 Å². The summed E-state index contributed by atoms with van der Waals surface area (Å²) >= 11 is 1.27. The van der Waals surface area contributed by atoms with Crippen LogP contribution in [0.25, 0.3) is 0 Å². The van der Waals surface area contributed by atoms with E-state index in [1.165, 1.54) is 43.1 Å². The van der Waals surface area contributed by atoms with Crippen LogP contribution in [0.1, 0.15) is 18.5 Å². The fraction of sp³-hybridized carbons (Fsp3) is 0.235. The molecule has 6 nitrogen and oxygen atoms in total. The highest BCUT2D eigenvalue weighted by molar-refractivity contribution is 8.00. The third-order valence-electron chi connectivity index (χ3n) is 3.47. The van der Waals surface area contributed by atoms with Gasteiger partial charge >= 0.3 is 0 Å². The first-order valence-electron chi connectivity index (χ1n) is 7.40. The number of nitro benzene ring substituents is 1. The van der Waals surface area contributed by atoms with Crippen LogP contribution in [0.3, 0.4) is 0 Å². The van der Waals surface area contributed by atoms with E-state index >= 15 is 0 Å². The van der Waals surface area contributed by atoms with Gasteiger partial charge in [0.25, 0.3) is 5.69 Å². The van der Waals surface area contributed by atoms with Crippen molar-refractivity contribution in [3.63, 3.8) is 0 Å². The number of amides is 1. The second-order valence-corrected chi connectivity index (χ2v) is 6.27. The lowest BCUT2D eigenvalue weighted by atomic mass is 10.1. The summed E-state index contributed by atoms with van der Waals surface area (Å²) in [5.41, 5.74) is 0.635. The van der Waals surface area contributed by atoms with Crippen molar-refractivity contribution in [3.05, 3.63) is 64.0 Å². The molecule has 25 heavy (non-hydrogen) atoms. The maximum Gasteiger partial charge on any atom is 0.269 e. The van der Waals surface area contributed by atoms with E-state index < -0.39 is 10.7 Å². The van der Waals surface area contributed by atoms with E-state index in [-0.39, 0.29) is 29.1 Å².